The maximum absolute atomic E-state index is 12.1. The lowest BCUT2D eigenvalue weighted by Crippen LogP contribution is -2.38. The third-order valence-corrected chi connectivity index (χ3v) is 4.32. The van der Waals surface area contributed by atoms with Crippen LogP contribution in [0.4, 0.5) is 9.93 Å². The van der Waals surface area contributed by atoms with Gasteiger partial charge in [0, 0.05) is 26.2 Å². The van der Waals surface area contributed by atoms with Gasteiger partial charge in [-0.25, -0.2) is 9.78 Å². The third-order valence-electron chi connectivity index (χ3n) is 2.93. The summed E-state index contributed by atoms with van der Waals surface area (Å²) < 4.78 is 0.858. The van der Waals surface area contributed by atoms with E-state index in [1.54, 1.807) is 11.1 Å². The average molecular weight is 363 g/mol. The molecule has 1 saturated heterocycles. The Morgan fingerprint density at radius 2 is 2.20 bits per heavy atom. The standard InChI is InChI=1S/C11H15BrN4O3S/c12-8-6-13-10(20-8)14-11(19)16-3-1-2-15(4-5-16)7-9(17)18/h6H,1-5,7H2,(H,17,18)(H,13,14,19). The molecule has 0 aliphatic carbocycles. The van der Waals surface area contributed by atoms with E-state index in [-0.39, 0.29) is 12.6 Å². The maximum Gasteiger partial charge on any atom is 0.323 e. The molecule has 20 heavy (non-hydrogen) atoms. The number of carboxylic acid groups (broad SMARTS) is 1. The summed E-state index contributed by atoms with van der Waals surface area (Å²) >= 11 is 4.64. The Morgan fingerprint density at radius 3 is 2.85 bits per heavy atom. The topological polar surface area (TPSA) is 85.8 Å². The number of nitrogens with zero attached hydrogens (tertiary/aromatic N) is 3. The summed E-state index contributed by atoms with van der Waals surface area (Å²) in [7, 11) is 0. The molecule has 1 fully saturated rings. The highest BCUT2D eigenvalue weighted by Crippen LogP contribution is 2.23. The number of amides is 2. The SMILES string of the molecule is O=C(O)CN1CCCN(C(=O)Nc2ncc(Br)s2)CC1. The summed E-state index contributed by atoms with van der Waals surface area (Å²) in [6.07, 6.45) is 2.40. The van der Waals surface area contributed by atoms with Crippen molar-refractivity contribution in [3.05, 3.63) is 9.98 Å². The molecule has 0 atom stereocenters. The van der Waals surface area contributed by atoms with E-state index in [4.69, 9.17) is 5.11 Å². The van der Waals surface area contributed by atoms with Crippen molar-refractivity contribution in [2.24, 2.45) is 0 Å². The van der Waals surface area contributed by atoms with Crippen molar-refractivity contribution in [1.29, 1.82) is 0 Å². The Hall–Kier alpha value is -1.19. The molecule has 0 aromatic carbocycles. The number of anilines is 1. The summed E-state index contributed by atoms with van der Waals surface area (Å²) in [5.41, 5.74) is 0. The van der Waals surface area contributed by atoms with Gasteiger partial charge in [0.1, 0.15) is 0 Å². The van der Waals surface area contributed by atoms with Gasteiger partial charge in [-0.2, -0.15) is 0 Å². The van der Waals surface area contributed by atoms with E-state index in [0.29, 0.717) is 31.3 Å². The van der Waals surface area contributed by atoms with Gasteiger partial charge < -0.3 is 10.0 Å². The highest BCUT2D eigenvalue weighted by molar-refractivity contribution is 9.11. The highest BCUT2D eigenvalue weighted by atomic mass is 79.9. The van der Waals surface area contributed by atoms with Crippen molar-refractivity contribution < 1.29 is 14.7 Å². The monoisotopic (exact) mass is 362 g/mol. The summed E-state index contributed by atoms with van der Waals surface area (Å²) in [5.74, 6) is -0.837. The fraction of sp³-hybridized carbons (Fsp3) is 0.545. The van der Waals surface area contributed by atoms with Gasteiger partial charge >= 0.3 is 12.0 Å². The molecule has 2 rings (SSSR count). The Bertz CT molecular complexity index is 496. The molecule has 110 valence electrons. The highest BCUT2D eigenvalue weighted by Gasteiger charge is 2.20. The van der Waals surface area contributed by atoms with Gasteiger partial charge in [-0.3, -0.25) is 15.0 Å². The fourth-order valence-electron chi connectivity index (χ4n) is 2.01. The van der Waals surface area contributed by atoms with Crippen molar-refractivity contribution in [2.45, 2.75) is 6.42 Å². The number of carbonyl (C=O) groups is 2. The number of aromatic nitrogens is 1. The van der Waals surface area contributed by atoms with Crippen molar-refractivity contribution in [1.82, 2.24) is 14.8 Å². The fourth-order valence-corrected chi connectivity index (χ4v) is 3.10. The Labute approximate surface area is 128 Å². The van der Waals surface area contributed by atoms with E-state index in [1.165, 1.54) is 11.3 Å². The number of nitrogens with one attached hydrogen (secondary N) is 1. The van der Waals surface area contributed by atoms with Gasteiger partial charge in [-0.05, 0) is 22.4 Å². The minimum atomic E-state index is -0.837. The second-order valence-electron chi connectivity index (χ2n) is 4.41. The molecule has 1 aromatic heterocycles. The zero-order valence-electron chi connectivity index (χ0n) is 10.7. The number of halogens is 1. The number of thiazole rings is 1. The molecule has 1 aliphatic rings. The van der Waals surface area contributed by atoms with Crippen molar-refractivity contribution in [3.8, 4) is 0 Å². The van der Waals surface area contributed by atoms with E-state index in [9.17, 15) is 9.59 Å². The number of hydrogen-bond donors (Lipinski definition) is 2. The quantitative estimate of drug-likeness (QED) is 0.851. The molecule has 1 aliphatic heterocycles. The predicted octanol–water partition coefficient (Wildman–Crippen LogP) is 1.53. The van der Waals surface area contributed by atoms with Crippen molar-refractivity contribution in [3.63, 3.8) is 0 Å². The van der Waals surface area contributed by atoms with Gasteiger partial charge in [0.05, 0.1) is 16.5 Å². The van der Waals surface area contributed by atoms with Crippen molar-refractivity contribution in [2.75, 3.05) is 38.0 Å². The largest absolute Gasteiger partial charge is 0.480 e. The first-order chi connectivity index (χ1) is 9.54. The Kier molecular flexibility index (Phi) is 5.32. The molecule has 1 aromatic rings. The zero-order chi connectivity index (χ0) is 14.5. The van der Waals surface area contributed by atoms with Crippen LogP contribution < -0.4 is 5.32 Å². The number of urea groups is 1. The normalized spacial score (nSPS) is 16.8. The van der Waals surface area contributed by atoms with Crippen LogP contribution >= 0.6 is 27.3 Å². The zero-order valence-corrected chi connectivity index (χ0v) is 13.1. The minimum absolute atomic E-state index is 0.0227. The van der Waals surface area contributed by atoms with E-state index in [2.05, 4.69) is 26.2 Å². The second kappa shape index (κ2) is 7.00. The van der Waals surface area contributed by atoms with Crippen LogP contribution in [0.5, 0.6) is 0 Å². The van der Waals surface area contributed by atoms with Gasteiger partial charge in [0.15, 0.2) is 5.13 Å². The van der Waals surface area contributed by atoms with E-state index in [1.807, 2.05) is 4.90 Å². The number of carboxylic acids is 1. The molecule has 2 N–H and O–H groups in total. The molecule has 0 unspecified atom stereocenters. The molecular formula is C11H15BrN4O3S. The number of carbonyl (C=O) groups excluding carboxylic acids is 1. The van der Waals surface area contributed by atoms with Gasteiger partial charge in [-0.1, -0.05) is 11.3 Å². The molecule has 2 heterocycles. The molecule has 2 amide bonds. The Balaban J connectivity index is 1.86. The average Bonchev–Trinajstić information content (AvgIpc) is 2.64. The molecule has 0 radical (unpaired) electrons. The number of hydrogen-bond acceptors (Lipinski definition) is 5. The van der Waals surface area contributed by atoms with Crippen LogP contribution in [0.1, 0.15) is 6.42 Å². The van der Waals surface area contributed by atoms with E-state index < -0.39 is 5.97 Å². The van der Waals surface area contributed by atoms with Gasteiger partial charge in [0.2, 0.25) is 0 Å². The molecule has 0 saturated carbocycles. The van der Waals surface area contributed by atoms with Crippen LogP contribution in [-0.2, 0) is 4.79 Å². The summed E-state index contributed by atoms with van der Waals surface area (Å²) in [6, 6.07) is -0.191. The third kappa shape index (κ3) is 4.43. The van der Waals surface area contributed by atoms with Crippen LogP contribution in [0.2, 0.25) is 0 Å². The van der Waals surface area contributed by atoms with E-state index in [0.717, 1.165) is 10.2 Å². The van der Waals surface area contributed by atoms with Gasteiger partial charge in [0.25, 0.3) is 0 Å². The van der Waals surface area contributed by atoms with Crippen molar-refractivity contribution >= 4 is 44.4 Å². The Morgan fingerprint density at radius 1 is 1.40 bits per heavy atom. The molecule has 7 nitrogen and oxygen atoms in total. The molecule has 9 heteroatoms. The molecule has 0 spiro atoms. The maximum atomic E-state index is 12.1. The van der Waals surface area contributed by atoms with Crippen LogP contribution in [0.15, 0.2) is 9.98 Å². The lowest BCUT2D eigenvalue weighted by Gasteiger charge is -2.20. The molecular weight excluding hydrogens is 348 g/mol. The smallest absolute Gasteiger partial charge is 0.323 e. The van der Waals surface area contributed by atoms with Crippen LogP contribution in [-0.4, -0.2) is 64.6 Å². The minimum Gasteiger partial charge on any atom is -0.480 e. The second-order valence-corrected chi connectivity index (χ2v) is 6.82. The summed E-state index contributed by atoms with van der Waals surface area (Å²) in [4.78, 5) is 30.4. The summed E-state index contributed by atoms with van der Waals surface area (Å²) in [6.45, 7) is 2.43. The summed E-state index contributed by atoms with van der Waals surface area (Å²) in [5, 5.41) is 12.1. The number of aliphatic carboxylic acids is 1. The predicted molar refractivity (Wildman–Crippen MR) is 79.1 cm³/mol. The van der Waals surface area contributed by atoms with E-state index >= 15 is 0 Å². The van der Waals surface area contributed by atoms with Crippen LogP contribution in [0.3, 0.4) is 0 Å². The van der Waals surface area contributed by atoms with Crippen LogP contribution in [0, 0.1) is 0 Å². The first kappa shape index (κ1) is 15.2. The first-order valence-corrected chi connectivity index (χ1v) is 7.77. The lowest BCUT2D eigenvalue weighted by atomic mass is 10.4. The van der Waals surface area contributed by atoms with Crippen LogP contribution in [0.25, 0.3) is 0 Å². The molecule has 0 bridgehead atoms. The lowest BCUT2D eigenvalue weighted by molar-refractivity contribution is -0.138. The van der Waals surface area contributed by atoms with Gasteiger partial charge in [-0.15, -0.1) is 0 Å². The number of rotatable bonds is 3. The first-order valence-electron chi connectivity index (χ1n) is 6.16.